The molecule has 0 N–H and O–H groups in total. The molecule has 2 rings (SSSR count). The predicted molar refractivity (Wildman–Crippen MR) is 68.0 cm³/mol. The Morgan fingerprint density at radius 3 is 2.39 bits per heavy atom. The molecular formula is C13H18O4S. The molecule has 0 aliphatic carbocycles. The van der Waals surface area contributed by atoms with Crippen LogP contribution >= 0.6 is 0 Å². The van der Waals surface area contributed by atoms with Gasteiger partial charge in [0.05, 0.1) is 23.9 Å². The molecule has 0 radical (unpaired) electrons. The summed E-state index contributed by atoms with van der Waals surface area (Å²) in [6.45, 7) is 3.03. The van der Waals surface area contributed by atoms with Crippen LogP contribution in [0.3, 0.4) is 0 Å². The Labute approximate surface area is 108 Å². The highest BCUT2D eigenvalue weighted by Gasteiger charge is 2.30. The third-order valence-electron chi connectivity index (χ3n) is 3.04. The molecule has 1 aromatic rings. The highest BCUT2D eigenvalue weighted by molar-refractivity contribution is 7.91. The summed E-state index contributed by atoms with van der Waals surface area (Å²) in [5.41, 5.74) is 0. The van der Waals surface area contributed by atoms with Gasteiger partial charge in [-0.15, -0.1) is 0 Å². The van der Waals surface area contributed by atoms with Gasteiger partial charge in [0.1, 0.15) is 0 Å². The molecule has 0 atom stereocenters. The summed E-state index contributed by atoms with van der Waals surface area (Å²) < 4.78 is 34.9. The van der Waals surface area contributed by atoms with Crippen molar-refractivity contribution in [2.24, 2.45) is 0 Å². The zero-order valence-corrected chi connectivity index (χ0v) is 11.3. The van der Waals surface area contributed by atoms with E-state index in [1.807, 2.05) is 6.92 Å². The average Bonchev–Trinajstić information content (AvgIpc) is 2.77. The van der Waals surface area contributed by atoms with E-state index in [0.29, 0.717) is 31.0 Å². The maximum atomic E-state index is 12.0. The molecule has 1 aliphatic heterocycles. The molecule has 1 aromatic carbocycles. The molecular weight excluding hydrogens is 252 g/mol. The van der Waals surface area contributed by atoms with E-state index < -0.39 is 15.6 Å². The van der Waals surface area contributed by atoms with Gasteiger partial charge in [0.15, 0.2) is 15.6 Å². The van der Waals surface area contributed by atoms with Crippen molar-refractivity contribution in [3.8, 4) is 0 Å². The monoisotopic (exact) mass is 270 g/mol. The summed E-state index contributed by atoms with van der Waals surface area (Å²) in [5, 5.41) is 0. The van der Waals surface area contributed by atoms with E-state index in [1.165, 1.54) is 0 Å². The van der Waals surface area contributed by atoms with Crippen molar-refractivity contribution in [3.63, 3.8) is 0 Å². The van der Waals surface area contributed by atoms with Gasteiger partial charge in [-0.2, -0.15) is 0 Å². The van der Waals surface area contributed by atoms with E-state index >= 15 is 0 Å². The topological polar surface area (TPSA) is 52.6 Å². The summed E-state index contributed by atoms with van der Waals surface area (Å²) in [5.74, 6) is -0.481. The minimum Gasteiger partial charge on any atom is -0.348 e. The van der Waals surface area contributed by atoms with Crippen molar-refractivity contribution in [2.75, 3.05) is 19.0 Å². The summed E-state index contributed by atoms with van der Waals surface area (Å²) >= 11 is 0. The fourth-order valence-electron chi connectivity index (χ4n) is 2.03. The molecule has 5 heteroatoms. The summed E-state index contributed by atoms with van der Waals surface area (Å²) in [4.78, 5) is 0.378. The van der Waals surface area contributed by atoms with Gasteiger partial charge >= 0.3 is 0 Å². The lowest BCUT2D eigenvalue weighted by molar-refractivity contribution is -0.146. The molecule has 0 bridgehead atoms. The minimum absolute atomic E-state index is 0.124. The van der Waals surface area contributed by atoms with Gasteiger partial charge in [-0.1, -0.05) is 18.2 Å². The molecule has 0 unspecified atom stereocenters. The molecule has 4 nitrogen and oxygen atoms in total. The van der Waals surface area contributed by atoms with E-state index in [2.05, 4.69) is 0 Å². The number of benzene rings is 1. The van der Waals surface area contributed by atoms with Gasteiger partial charge in [0.2, 0.25) is 0 Å². The van der Waals surface area contributed by atoms with Crippen LogP contribution in [0.25, 0.3) is 0 Å². The van der Waals surface area contributed by atoms with Gasteiger partial charge in [0.25, 0.3) is 0 Å². The second-order valence-electron chi connectivity index (χ2n) is 4.57. The van der Waals surface area contributed by atoms with Gasteiger partial charge in [-0.05, 0) is 25.5 Å². The third-order valence-corrected chi connectivity index (χ3v) is 4.86. The lowest BCUT2D eigenvalue weighted by Crippen LogP contribution is -2.26. The van der Waals surface area contributed by atoms with Crippen LogP contribution in [0.15, 0.2) is 35.2 Å². The fraction of sp³-hybridized carbons (Fsp3) is 0.538. The molecule has 0 saturated carbocycles. The molecule has 0 amide bonds. The van der Waals surface area contributed by atoms with E-state index in [9.17, 15) is 8.42 Å². The number of ether oxygens (including phenoxy) is 2. The summed E-state index contributed by atoms with van der Waals surface area (Å²) in [6, 6.07) is 8.52. The van der Waals surface area contributed by atoms with Crippen molar-refractivity contribution in [3.05, 3.63) is 30.3 Å². The number of rotatable bonds is 5. The molecule has 1 aliphatic rings. The van der Waals surface area contributed by atoms with Crippen molar-refractivity contribution >= 4 is 9.84 Å². The zero-order valence-electron chi connectivity index (χ0n) is 10.5. The third kappa shape index (κ3) is 3.31. The maximum Gasteiger partial charge on any atom is 0.178 e. The van der Waals surface area contributed by atoms with Crippen molar-refractivity contribution < 1.29 is 17.9 Å². The van der Waals surface area contributed by atoms with Crippen molar-refractivity contribution in [1.29, 1.82) is 0 Å². The smallest absolute Gasteiger partial charge is 0.178 e. The SMILES string of the molecule is CC1(CCCS(=O)(=O)c2ccccc2)OCCO1. The highest BCUT2D eigenvalue weighted by Crippen LogP contribution is 2.25. The van der Waals surface area contributed by atoms with E-state index in [0.717, 1.165) is 0 Å². The first-order valence-corrected chi connectivity index (χ1v) is 7.73. The van der Waals surface area contributed by atoms with Gasteiger partial charge in [-0.25, -0.2) is 8.42 Å². The Morgan fingerprint density at radius 1 is 1.17 bits per heavy atom. The summed E-state index contributed by atoms with van der Waals surface area (Å²) in [6.07, 6.45) is 1.13. The standard InChI is InChI=1S/C13H18O4S/c1-13(16-9-10-17-13)8-5-11-18(14,15)12-6-3-2-4-7-12/h2-4,6-7H,5,8-11H2,1H3. The number of hydrogen-bond acceptors (Lipinski definition) is 4. The van der Waals surface area contributed by atoms with Crippen LogP contribution in [-0.2, 0) is 19.3 Å². The Hall–Kier alpha value is -0.910. The van der Waals surface area contributed by atoms with Crippen molar-refractivity contribution in [1.82, 2.24) is 0 Å². The van der Waals surface area contributed by atoms with Crippen molar-refractivity contribution in [2.45, 2.75) is 30.4 Å². The lowest BCUT2D eigenvalue weighted by atomic mass is 10.2. The second-order valence-corrected chi connectivity index (χ2v) is 6.68. The Morgan fingerprint density at radius 2 is 1.78 bits per heavy atom. The van der Waals surface area contributed by atoms with E-state index in [-0.39, 0.29) is 5.75 Å². The molecule has 100 valence electrons. The Balaban J connectivity index is 1.90. The molecule has 0 aromatic heterocycles. The van der Waals surface area contributed by atoms with Crippen LogP contribution in [0.1, 0.15) is 19.8 Å². The van der Waals surface area contributed by atoms with Gasteiger partial charge in [-0.3, -0.25) is 0 Å². The quantitative estimate of drug-likeness (QED) is 0.821. The van der Waals surface area contributed by atoms with E-state index in [4.69, 9.17) is 9.47 Å². The second kappa shape index (κ2) is 5.38. The van der Waals surface area contributed by atoms with Crippen LogP contribution in [0.5, 0.6) is 0 Å². The average molecular weight is 270 g/mol. The molecule has 1 saturated heterocycles. The van der Waals surface area contributed by atoms with Crippen LogP contribution in [0.2, 0.25) is 0 Å². The minimum atomic E-state index is -3.19. The predicted octanol–water partition coefficient (Wildman–Crippen LogP) is 2.00. The Kier molecular flexibility index (Phi) is 4.04. The first-order valence-electron chi connectivity index (χ1n) is 6.08. The van der Waals surface area contributed by atoms with Gasteiger partial charge < -0.3 is 9.47 Å². The number of sulfone groups is 1. The van der Waals surface area contributed by atoms with E-state index in [1.54, 1.807) is 30.3 Å². The van der Waals surface area contributed by atoms with Crippen LogP contribution < -0.4 is 0 Å². The number of hydrogen-bond donors (Lipinski definition) is 0. The fourth-order valence-corrected chi connectivity index (χ4v) is 3.36. The van der Waals surface area contributed by atoms with Gasteiger partial charge in [0, 0.05) is 6.42 Å². The Bertz CT molecular complexity index is 475. The first-order chi connectivity index (χ1) is 8.52. The first kappa shape index (κ1) is 13.5. The molecule has 1 fully saturated rings. The normalized spacial score (nSPS) is 18.9. The van der Waals surface area contributed by atoms with Crippen LogP contribution in [0, 0.1) is 0 Å². The molecule has 0 spiro atoms. The van der Waals surface area contributed by atoms with Crippen LogP contribution in [0.4, 0.5) is 0 Å². The lowest BCUT2D eigenvalue weighted by Gasteiger charge is -2.21. The maximum absolute atomic E-state index is 12.0. The molecule has 1 heterocycles. The summed E-state index contributed by atoms with van der Waals surface area (Å²) in [7, 11) is -3.19. The zero-order chi connectivity index (χ0) is 13.1. The largest absolute Gasteiger partial charge is 0.348 e. The molecule has 18 heavy (non-hydrogen) atoms. The highest BCUT2D eigenvalue weighted by atomic mass is 32.2. The van der Waals surface area contributed by atoms with Crippen LogP contribution in [-0.4, -0.2) is 33.2 Å².